The standard InChI is InChI=1S/C25H30N2O2/c1-3-4-6-11-22-24(20-9-7-5-8-10-20)23(25(26)29)18(2)27(22)17-16-19-12-14-21(28)15-13-19/h5,7-10,12-15,28H,3-4,6,11,16-17H2,1-2H3,(H2,26,29). The van der Waals surface area contributed by atoms with Crippen LogP contribution in [-0.4, -0.2) is 15.6 Å². The summed E-state index contributed by atoms with van der Waals surface area (Å²) in [7, 11) is 0. The number of phenols is 1. The molecule has 0 radical (unpaired) electrons. The molecule has 0 atom stereocenters. The van der Waals surface area contributed by atoms with Crippen LogP contribution in [0.15, 0.2) is 54.6 Å². The van der Waals surface area contributed by atoms with Crippen molar-refractivity contribution in [1.82, 2.24) is 4.57 Å². The van der Waals surface area contributed by atoms with Gasteiger partial charge in [0.2, 0.25) is 0 Å². The molecule has 0 fully saturated rings. The van der Waals surface area contributed by atoms with Crippen LogP contribution in [0.3, 0.4) is 0 Å². The third-order valence-corrected chi connectivity index (χ3v) is 5.52. The van der Waals surface area contributed by atoms with Gasteiger partial charge in [0.1, 0.15) is 5.75 Å². The smallest absolute Gasteiger partial charge is 0.251 e. The van der Waals surface area contributed by atoms with Gasteiger partial charge in [0.15, 0.2) is 0 Å². The number of carbonyl (C=O) groups is 1. The summed E-state index contributed by atoms with van der Waals surface area (Å²) in [6, 6.07) is 17.4. The van der Waals surface area contributed by atoms with E-state index in [4.69, 9.17) is 5.73 Å². The van der Waals surface area contributed by atoms with E-state index >= 15 is 0 Å². The molecule has 0 aliphatic heterocycles. The Morgan fingerprint density at radius 2 is 1.69 bits per heavy atom. The first-order valence-electron chi connectivity index (χ1n) is 10.4. The maximum absolute atomic E-state index is 12.4. The Morgan fingerprint density at radius 3 is 2.31 bits per heavy atom. The third-order valence-electron chi connectivity index (χ3n) is 5.52. The molecule has 0 aliphatic rings. The summed E-state index contributed by atoms with van der Waals surface area (Å²) in [6.45, 7) is 4.96. The van der Waals surface area contributed by atoms with Gasteiger partial charge in [-0.3, -0.25) is 4.79 Å². The molecule has 3 rings (SSSR count). The number of aromatic nitrogens is 1. The molecule has 0 spiro atoms. The average molecular weight is 391 g/mol. The second kappa shape index (κ2) is 9.46. The van der Waals surface area contributed by atoms with Crippen LogP contribution in [-0.2, 0) is 19.4 Å². The van der Waals surface area contributed by atoms with E-state index < -0.39 is 0 Å². The molecule has 1 aromatic heterocycles. The van der Waals surface area contributed by atoms with Crippen LogP contribution in [0.2, 0.25) is 0 Å². The maximum atomic E-state index is 12.4. The number of phenolic OH excluding ortho intramolecular Hbond substituents is 1. The first-order valence-corrected chi connectivity index (χ1v) is 10.4. The van der Waals surface area contributed by atoms with Crippen molar-refractivity contribution in [3.8, 4) is 16.9 Å². The van der Waals surface area contributed by atoms with Crippen LogP contribution >= 0.6 is 0 Å². The van der Waals surface area contributed by atoms with Crippen molar-refractivity contribution >= 4 is 5.91 Å². The second-order valence-electron chi connectivity index (χ2n) is 7.54. The molecule has 4 nitrogen and oxygen atoms in total. The maximum Gasteiger partial charge on any atom is 0.251 e. The summed E-state index contributed by atoms with van der Waals surface area (Å²) in [6.07, 6.45) is 5.13. The van der Waals surface area contributed by atoms with E-state index in [1.54, 1.807) is 12.1 Å². The van der Waals surface area contributed by atoms with Crippen molar-refractivity contribution in [3.05, 3.63) is 77.1 Å². The summed E-state index contributed by atoms with van der Waals surface area (Å²) in [5.74, 6) is -0.102. The Morgan fingerprint density at radius 1 is 1.00 bits per heavy atom. The molecule has 0 unspecified atom stereocenters. The van der Waals surface area contributed by atoms with Gasteiger partial charge >= 0.3 is 0 Å². The number of nitrogens with zero attached hydrogens (tertiary/aromatic N) is 1. The number of carbonyl (C=O) groups excluding carboxylic acids is 1. The molecule has 2 aromatic carbocycles. The van der Waals surface area contributed by atoms with Gasteiger partial charge in [-0.25, -0.2) is 0 Å². The first-order chi connectivity index (χ1) is 14.0. The molecular formula is C25H30N2O2. The molecule has 29 heavy (non-hydrogen) atoms. The highest BCUT2D eigenvalue weighted by Crippen LogP contribution is 2.34. The van der Waals surface area contributed by atoms with Crippen LogP contribution in [0.4, 0.5) is 0 Å². The van der Waals surface area contributed by atoms with Gasteiger partial charge in [-0.1, -0.05) is 62.2 Å². The zero-order valence-corrected chi connectivity index (χ0v) is 17.3. The van der Waals surface area contributed by atoms with Gasteiger partial charge < -0.3 is 15.4 Å². The van der Waals surface area contributed by atoms with E-state index in [0.29, 0.717) is 5.56 Å². The minimum absolute atomic E-state index is 0.272. The Balaban J connectivity index is 2.05. The molecular weight excluding hydrogens is 360 g/mol. The molecule has 0 saturated heterocycles. The van der Waals surface area contributed by atoms with E-state index in [1.807, 2.05) is 37.3 Å². The fourth-order valence-corrected chi connectivity index (χ4v) is 4.02. The summed E-state index contributed by atoms with van der Waals surface area (Å²) in [5, 5.41) is 9.52. The lowest BCUT2D eigenvalue weighted by Crippen LogP contribution is -2.14. The van der Waals surface area contributed by atoms with Crippen molar-refractivity contribution in [2.45, 2.75) is 52.5 Å². The van der Waals surface area contributed by atoms with E-state index in [9.17, 15) is 9.90 Å². The predicted molar refractivity (Wildman–Crippen MR) is 118 cm³/mol. The normalized spacial score (nSPS) is 11.0. The zero-order valence-electron chi connectivity index (χ0n) is 17.3. The minimum atomic E-state index is -0.374. The number of unbranched alkanes of at least 4 members (excludes halogenated alkanes) is 2. The lowest BCUT2D eigenvalue weighted by atomic mass is 9.97. The van der Waals surface area contributed by atoms with E-state index in [2.05, 4.69) is 23.6 Å². The number of primary amides is 1. The minimum Gasteiger partial charge on any atom is -0.508 e. The summed E-state index contributed by atoms with van der Waals surface area (Å²) < 4.78 is 2.27. The van der Waals surface area contributed by atoms with E-state index in [0.717, 1.165) is 61.0 Å². The predicted octanol–water partition coefficient (Wildman–Crippen LogP) is 5.24. The molecule has 0 aliphatic carbocycles. The number of amides is 1. The summed E-state index contributed by atoms with van der Waals surface area (Å²) in [4.78, 5) is 12.4. The van der Waals surface area contributed by atoms with Gasteiger partial charge in [-0.2, -0.15) is 0 Å². The van der Waals surface area contributed by atoms with Gasteiger partial charge in [-0.05, 0) is 49.4 Å². The van der Waals surface area contributed by atoms with E-state index in [1.165, 1.54) is 5.69 Å². The summed E-state index contributed by atoms with van der Waals surface area (Å²) >= 11 is 0. The molecule has 0 saturated carbocycles. The Kier molecular flexibility index (Phi) is 6.76. The molecule has 4 heteroatoms. The van der Waals surface area contributed by atoms with Crippen LogP contribution in [0.25, 0.3) is 11.1 Å². The molecule has 1 heterocycles. The lowest BCUT2D eigenvalue weighted by Gasteiger charge is -2.14. The molecule has 3 aromatic rings. The number of aryl methyl sites for hydroxylation is 1. The Labute approximate surface area is 173 Å². The Hall–Kier alpha value is -3.01. The highest BCUT2D eigenvalue weighted by atomic mass is 16.3. The van der Waals surface area contributed by atoms with Crippen molar-refractivity contribution in [1.29, 1.82) is 0 Å². The molecule has 152 valence electrons. The number of nitrogens with two attached hydrogens (primary N) is 1. The monoisotopic (exact) mass is 390 g/mol. The first kappa shape index (κ1) is 20.7. The van der Waals surface area contributed by atoms with Crippen LogP contribution < -0.4 is 5.73 Å². The van der Waals surface area contributed by atoms with Crippen molar-refractivity contribution < 1.29 is 9.90 Å². The summed E-state index contributed by atoms with van der Waals surface area (Å²) in [5.41, 5.74) is 11.8. The van der Waals surface area contributed by atoms with Gasteiger partial charge in [0.05, 0.1) is 5.56 Å². The van der Waals surface area contributed by atoms with Gasteiger partial charge in [-0.15, -0.1) is 0 Å². The second-order valence-corrected chi connectivity index (χ2v) is 7.54. The third kappa shape index (κ3) is 4.70. The van der Waals surface area contributed by atoms with Crippen LogP contribution in [0.5, 0.6) is 5.75 Å². The van der Waals surface area contributed by atoms with Crippen molar-refractivity contribution in [3.63, 3.8) is 0 Å². The largest absolute Gasteiger partial charge is 0.508 e. The fourth-order valence-electron chi connectivity index (χ4n) is 4.02. The topological polar surface area (TPSA) is 68.2 Å². The lowest BCUT2D eigenvalue weighted by molar-refractivity contribution is 0.1000. The van der Waals surface area contributed by atoms with Crippen LogP contribution in [0.1, 0.15) is 53.5 Å². The van der Waals surface area contributed by atoms with Crippen molar-refractivity contribution in [2.24, 2.45) is 5.73 Å². The number of hydrogen-bond acceptors (Lipinski definition) is 2. The van der Waals surface area contributed by atoms with E-state index in [-0.39, 0.29) is 11.7 Å². The number of hydrogen-bond donors (Lipinski definition) is 2. The number of benzene rings is 2. The quantitative estimate of drug-likeness (QED) is 0.490. The fraction of sp³-hybridized carbons (Fsp3) is 0.320. The zero-order chi connectivity index (χ0) is 20.8. The van der Waals surface area contributed by atoms with Gasteiger partial charge in [0, 0.05) is 23.5 Å². The van der Waals surface area contributed by atoms with Crippen LogP contribution in [0, 0.1) is 6.92 Å². The molecule has 0 bridgehead atoms. The highest BCUT2D eigenvalue weighted by molar-refractivity contribution is 6.02. The highest BCUT2D eigenvalue weighted by Gasteiger charge is 2.24. The number of rotatable bonds is 9. The average Bonchev–Trinajstić information content (AvgIpc) is 3.00. The Bertz CT molecular complexity index is 957. The molecule has 1 amide bonds. The molecule has 3 N–H and O–H groups in total. The van der Waals surface area contributed by atoms with Crippen molar-refractivity contribution in [2.75, 3.05) is 0 Å². The number of aromatic hydroxyl groups is 1. The van der Waals surface area contributed by atoms with Gasteiger partial charge in [0.25, 0.3) is 5.91 Å². The SMILES string of the molecule is CCCCCc1c(-c2ccccc2)c(C(N)=O)c(C)n1CCc1ccc(O)cc1.